The van der Waals surface area contributed by atoms with E-state index < -0.39 is 0 Å². The molecule has 2 aliphatic heterocycles. The van der Waals surface area contributed by atoms with Crippen LogP contribution in [0.2, 0.25) is 0 Å². The Kier molecular flexibility index (Phi) is 4.94. The molecule has 1 aliphatic carbocycles. The van der Waals surface area contributed by atoms with Crippen LogP contribution in [-0.2, 0) is 16.0 Å². The summed E-state index contributed by atoms with van der Waals surface area (Å²) in [5, 5.41) is 11.4. The molecule has 3 N–H and O–H groups in total. The molecule has 1 saturated carbocycles. The van der Waals surface area contributed by atoms with Crippen LogP contribution >= 0.6 is 11.8 Å². The zero-order valence-corrected chi connectivity index (χ0v) is 18.2. The second-order valence-electron chi connectivity index (χ2n) is 8.32. The van der Waals surface area contributed by atoms with E-state index in [2.05, 4.69) is 32.4 Å². The zero-order valence-electron chi connectivity index (χ0n) is 17.4. The van der Waals surface area contributed by atoms with Gasteiger partial charge in [-0.3, -0.25) is 9.59 Å². The lowest BCUT2D eigenvalue weighted by Crippen LogP contribution is -2.31. The standard InChI is InChI=1S/C22H24N6O2S/c1-28(2)9-8-23-20(30)13-3-5-15(6-4-13)25-21-24-12-14-11-17(29)26-19-16-7-10-31-22(16,19)18(14)27-21/h3-7,10,12,16,19H,8-9,11H2,1-2H3,(H,23,30)(H,26,29)(H,24,25,27). The first-order valence-electron chi connectivity index (χ1n) is 10.3. The monoisotopic (exact) mass is 436 g/mol. The highest BCUT2D eigenvalue weighted by molar-refractivity contribution is 8.03. The van der Waals surface area contributed by atoms with Crippen molar-refractivity contribution < 1.29 is 9.59 Å². The van der Waals surface area contributed by atoms with Crippen LogP contribution in [0.25, 0.3) is 0 Å². The number of hydrogen-bond donors (Lipinski definition) is 3. The minimum Gasteiger partial charge on any atom is -0.351 e. The van der Waals surface area contributed by atoms with Gasteiger partial charge in [-0.05, 0) is 43.8 Å². The lowest BCUT2D eigenvalue weighted by Gasteiger charge is -2.15. The number of amides is 2. The second-order valence-corrected chi connectivity index (χ2v) is 9.50. The number of fused-ring (bicyclic) bond motifs is 2. The molecule has 3 unspecified atom stereocenters. The summed E-state index contributed by atoms with van der Waals surface area (Å²) in [6, 6.07) is 7.34. The molecule has 31 heavy (non-hydrogen) atoms. The molecule has 0 bridgehead atoms. The predicted molar refractivity (Wildman–Crippen MR) is 120 cm³/mol. The first-order chi connectivity index (χ1) is 15.0. The molecule has 0 radical (unpaired) electrons. The Bertz CT molecular complexity index is 1070. The fourth-order valence-corrected chi connectivity index (χ4v) is 5.67. The van der Waals surface area contributed by atoms with Gasteiger partial charge in [0.25, 0.3) is 5.91 Å². The van der Waals surface area contributed by atoms with Crippen molar-refractivity contribution in [1.29, 1.82) is 0 Å². The molecule has 3 atom stereocenters. The summed E-state index contributed by atoms with van der Waals surface area (Å²) in [4.78, 5) is 35.7. The van der Waals surface area contributed by atoms with Crippen LogP contribution in [0.3, 0.4) is 0 Å². The Hall–Kier alpha value is -2.91. The van der Waals surface area contributed by atoms with Gasteiger partial charge in [0.2, 0.25) is 11.9 Å². The maximum Gasteiger partial charge on any atom is 0.251 e. The van der Waals surface area contributed by atoms with Crippen molar-refractivity contribution in [2.45, 2.75) is 17.2 Å². The Balaban J connectivity index is 1.31. The van der Waals surface area contributed by atoms with Crippen molar-refractivity contribution in [3.8, 4) is 0 Å². The molecule has 0 saturated heterocycles. The third-order valence-electron chi connectivity index (χ3n) is 5.91. The van der Waals surface area contributed by atoms with Gasteiger partial charge in [0.15, 0.2) is 0 Å². The molecule has 1 spiro atoms. The SMILES string of the molecule is CN(C)CCNC(=O)c1ccc(Nc2ncc3c(n2)C24SC=CC2C4NC(=O)C3)cc1. The Labute approximate surface area is 184 Å². The average Bonchev–Trinajstić information content (AvgIpc) is 3.14. The van der Waals surface area contributed by atoms with Gasteiger partial charge in [-0.25, -0.2) is 9.97 Å². The highest BCUT2D eigenvalue weighted by Gasteiger charge is 2.70. The van der Waals surface area contributed by atoms with Gasteiger partial charge in [0.05, 0.1) is 22.9 Å². The van der Waals surface area contributed by atoms with Crippen molar-refractivity contribution in [3.05, 3.63) is 58.8 Å². The molecule has 1 aromatic heterocycles. The maximum atomic E-state index is 12.2. The summed E-state index contributed by atoms with van der Waals surface area (Å²) >= 11 is 1.73. The summed E-state index contributed by atoms with van der Waals surface area (Å²) in [5.41, 5.74) is 3.22. The summed E-state index contributed by atoms with van der Waals surface area (Å²) in [7, 11) is 3.94. The van der Waals surface area contributed by atoms with Crippen LogP contribution < -0.4 is 16.0 Å². The molecule has 9 heteroatoms. The van der Waals surface area contributed by atoms with Crippen LogP contribution in [-0.4, -0.2) is 59.9 Å². The number of nitrogens with zero attached hydrogens (tertiary/aromatic N) is 3. The lowest BCUT2D eigenvalue weighted by atomic mass is 10.1. The number of thioether (sulfide) groups is 1. The van der Waals surface area contributed by atoms with Gasteiger partial charge in [-0.1, -0.05) is 6.08 Å². The largest absolute Gasteiger partial charge is 0.351 e. The van der Waals surface area contributed by atoms with E-state index in [4.69, 9.17) is 4.98 Å². The van der Waals surface area contributed by atoms with E-state index in [-0.39, 0.29) is 28.5 Å². The third kappa shape index (κ3) is 3.57. The van der Waals surface area contributed by atoms with E-state index in [9.17, 15) is 9.59 Å². The summed E-state index contributed by atoms with van der Waals surface area (Å²) in [6.07, 6.45) is 4.21. The molecule has 2 amide bonds. The molecular weight excluding hydrogens is 412 g/mol. The summed E-state index contributed by atoms with van der Waals surface area (Å²) in [6.45, 7) is 1.39. The highest BCUT2D eigenvalue weighted by Crippen LogP contribution is 2.67. The van der Waals surface area contributed by atoms with E-state index in [1.54, 1.807) is 30.1 Å². The minimum atomic E-state index is -0.199. The van der Waals surface area contributed by atoms with E-state index in [0.29, 0.717) is 24.5 Å². The first-order valence-corrected chi connectivity index (χ1v) is 11.2. The van der Waals surface area contributed by atoms with Crippen molar-refractivity contribution >= 4 is 35.2 Å². The zero-order chi connectivity index (χ0) is 21.6. The Morgan fingerprint density at radius 2 is 2.13 bits per heavy atom. The number of likely N-dealkylation sites (N-methyl/N-ethyl adjacent to an activating group) is 1. The van der Waals surface area contributed by atoms with Crippen molar-refractivity contribution in [2.75, 3.05) is 32.5 Å². The summed E-state index contributed by atoms with van der Waals surface area (Å²) < 4.78 is -0.199. The number of anilines is 2. The third-order valence-corrected chi connectivity index (χ3v) is 7.31. The number of carbonyl (C=O) groups is 2. The van der Waals surface area contributed by atoms with E-state index in [1.165, 1.54) is 0 Å². The van der Waals surface area contributed by atoms with E-state index in [1.807, 2.05) is 31.1 Å². The van der Waals surface area contributed by atoms with Crippen LogP contribution in [0, 0.1) is 5.92 Å². The topological polar surface area (TPSA) is 99.2 Å². The van der Waals surface area contributed by atoms with E-state index in [0.717, 1.165) is 23.5 Å². The average molecular weight is 437 g/mol. The molecule has 1 aromatic carbocycles. The van der Waals surface area contributed by atoms with Crippen molar-refractivity contribution in [2.24, 2.45) is 5.92 Å². The minimum absolute atomic E-state index is 0.0234. The fraction of sp³-hybridized carbons (Fsp3) is 0.364. The van der Waals surface area contributed by atoms with Crippen LogP contribution in [0.15, 0.2) is 41.9 Å². The molecule has 2 aromatic rings. The number of aromatic nitrogens is 2. The number of benzene rings is 1. The van der Waals surface area contributed by atoms with Gasteiger partial charge in [0.1, 0.15) is 0 Å². The maximum absolute atomic E-state index is 12.2. The molecule has 8 nitrogen and oxygen atoms in total. The molecule has 3 aliphatic rings. The number of carbonyl (C=O) groups excluding carboxylic acids is 2. The molecule has 1 fully saturated rings. The van der Waals surface area contributed by atoms with E-state index >= 15 is 0 Å². The quantitative estimate of drug-likeness (QED) is 0.633. The normalized spacial score (nSPS) is 25.2. The van der Waals surface area contributed by atoms with Crippen LogP contribution in [0.5, 0.6) is 0 Å². The first kappa shape index (κ1) is 20.0. The fourth-order valence-electron chi connectivity index (χ4n) is 4.25. The summed E-state index contributed by atoms with van der Waals surface area (Å²) in [5.74, 6) is 0.703. The predicted octanol–water partition coefficient (Wildman–Crippen LogP) is 1.64. The van der Waals surface area contributed by atoms with Gasteiger partial charge in [0, 0.05) is 42.0 Å². The van der Waals surface area contributed by atoms with Crippen molar-refractivity contribution in [1.82, 2.24) is 25.5 Å². The molecular formula is C22H24N6O2S. The number of rotatable bonds is 6. The smallest absolute Gasteiger partial charge is 0.251 e. The van der Waals surface area contributed by atoms with Crippen LogP contribution in [0.4, 0.5) is 11.6 Å². The van der Waals surface area contributed by atoms with Crippen molar-refractivity contribution in [3.63, 3.8) is 0 Å². The van der Waals surface area contributed by atoms with Gasteiger partial charge in [-0.2, -0.15) is 0 Å². The highest BCUT2D eigenvalue weighted by atomic mass is 32.2. The van der Waals surface area contributed by atoms with Gasteiger partial charge in [-0.15, -0.1) is 11.8 Å². The molecule has 5 rings (SSSR count). The second kappa shape index (κ2) is 7.65. The lowest BCUT2D eigenvalue weighted by molar-refractivity contribution is -0.120. The number of hydrogen-bond acceptors (Lipinski definition) is 7. The molecule has 3 heterocycles. The van der Waals surface area contributed by atoms with Crippen LogP contribution in [0.1, 0.15) is 21.6 Å². The van der Waals surface area contributed by atoms with Gasteiger partial charge >= 0.3 is 0 Å². The molecule has 160 valence electrons. The number of nitrogens with one attached hydrogen (secondary N) is 3. The Morgan fingerprint density at radius 3 is 2.90 bits per heavy atom. The van der Waals surface area contributed by atoms with Gasteiger partial charge < -0.3 is 20.9 Å². The Morgan fingerprint density at radius 1 is 1.32 bits per heavy atom.